The van der Waals surface area contributed by atoms with Gasteiger partial charge in [-0.15, -0.1) is 10.2 Å². The zero-order valence-corrected chi connectivity index (χ0v) is 30.7. The zero-order valence-electron chi connectivity index (χ0n) is 30.7. The van der Waals surface area contributed by atoms with E-state index in [9.17, 15) is 27.6 Å². The molecular formula is C37H43F3N8O7. The van der Waals surface area contributed by atoms with Crippen LogP contribution in [0.2, 0.25) is 0 Å². The Bertz CT molecular complexity index is 1890. The van der Waals surface area contributed by atoms with E-state index in [1.807, 2.05) is 51.1 Å². The number of halogens is 3. The van der Waals surface area contributed by atoms with Crippen molar-refractivity contribution in [3.05, 3.63) is 72.6 Å². The van der Waals surface area contributed by atoms with Crippen molar-refractivity contribution in [3.63, 3.8) is 0 Å². The van der Waals surface area contributed by atoms with Crippen molar-refractivity contribution in [2.24, 2.45) is 17.6 Å². The van der Waals surface area contributed by atoms with Crippen LogP contribution in [0.15, 0.2) is 67.0 Å². The molecule has 2 aromatic carbocycles. The third kappa shape index (κ3) is 12.0. The van der Waals surface area contributed by atoms with Gasteiger partial charge in [0.15, 0.2) is 0 Å². The number of rotatable bonds is 11. The first-order chi connectivity index (χ1) is 26.0. The Labute approximate surface area is 314 Å². The van der Waals surface area contributed by atoms with Crippen LogP contribution in [-0.2, 0) is 25.5 Å². The number of alkyl carbamates (subject to hydrolysis) is 1. The molecule has 4 aromatic rings. The largest absolute Gasteiger partial charge is 0.494 e. The number of alkyl halides is 3. The number of hydrogen-bond acceptors (Lipinski definition) is 10. The monoisotopic (exact) mass is 768 g/mol. The summed E-state index contributed by atoms with van der Waals surface area (Å²) in [4.78, 5) is 54.2. The van der Waals surface area contributed by atoms with Gasteiger partial charge in [-0.2, -0.15) is 18.4 Å². The number of primary amides is 1. The van der Waals surface area contributed by atoms with Crippen molar-refractivity contribution >= 4 is 29.6 Å². The maximum atomic E-state index is 14.4. The van der Waals surface area contributed by atoms with E-state index in [0.29, 0.717) is 42.2 Å². The number of amides is 3. The van der Waals surface area contributed by atoms with Crippen molar-refractivity contribution in [2.45, 2.75) is 70.7 Å². The molecule has 55 heavy (non-hydrogen) atoms. The van der Waals surface area contributed by atoms with E-state index < -0.39 is 35.8 Å². The molecule has 1 saturated carbocycles. The van der Waals surface area contributed by atoms with Gasteiger partial charge in [-0.25, -0.2) is 9.59 Å². The number of benzene rings is 2. The van der Waals surface area contributed by atoms with Crippen LogP contribution in [0.1, 0.15) is 52.0 Å². The van der Waals surface area contributed by atoms with Crippen molar-refractivity contribution in [1.82, 2.24) is 30.9 Å². The fraction of sp³-hybridized carbons (Fsp3) is 0.405. The van der Waals surface area contributed by atoms with Crippen LogP contribution < -0.4 is 20.7 Å². The number of aromatic nitrogens is 5. The summed E-state index contributed by atoms with van der Waals surface area (Å²) in [5, 5.41) is 24.1. The normalized spacial score (nSPS) is 16.1. The number of anilines is 1. The van der Waals surface area contributed by atoms with Crippen molar-refractivity contribution in [3.8, 4) is 28.3 Å². The highest BCUT2D eigenvalue weighted by atomic mass is 19.4. The Morgan fingerprint density at radius 2 is 1.60 bits per heavy atom. The third-order valence-corrected chi connectivity index (χ3v) is 8.70. The number of aliphatic carboxylic acids is 1. The van der Waals surface area contributed by atoms with E-state index >= 15 is 0 Å². The molecule has 1 atom stereocenters. The maximum absolute atomic E-state index is 14.4. The molecule has 5 N–H and O–H groups in total. The molecule has 1 aliphatic carbocycles. The van der Waals surface area contributed by atoms with Crippen molar-refractivity contribution in [2.75, 3.05) is 18.6 Å². The Balaban J connectivity index is 0.000000876. The summed E-state index contributed by atoms with van der Waals surface area (Å²) < 4.78 is 42.6. The predicted octanol–water partition coefficient (Wildman–Crippen LogP) is 5.33. The lowest BCUT2D eigenvalue weighted by Crippen LogP contribution is -2.52. The molecule has 2 aromatic heterocycles. The summed E-state index contributed by atoms with van der Waals surface area (Å²) in [6.45, 7) is 5.94. The van der Waals surface area contributed by atoms with E-state index in [1.165, 1.54) is 0 Å². The molecule has 15 nitrogen and oxygen atoms in total. The Hall–Kier alpha value is -6.07. The standard InChI is InChI=1S/C35H42N8O5.C2HF3O2/c1-35(2,3)48-34(46)38-20-23-7-11-26(12-8-23)33(45)43(27-15-13-25(14-16-27)32-39-41-42-40-32)29(31(36)44)19-22-5-9-24(10-6-22)28-17-18-37-21-30(28)47-4;3-2(4,5)1(6)7/h5-6,9-10,13-18,21,23,26,29H,7-8,11-12,19-20H2,1-4H3,(H2,36,44)(H,38,46)(H,39,40,41,42);(H,6,7)/t23?,26?,29-;/m0./s1. The molecular weight excluding hydrogens is 725 g/mol. The van der Waals surface area contributed by atoms with Gasteiger partial charge < -0.3 is 25.6 Å². The summed E-state index contributed by atoms with van der Waals surface area (Å²) in [5.74, 6) is -2.57. The molecule has 0 unspecified atom stereocenters. The SMILES string of the molecule is COc1cnccc1-c1ccc(C[C@@H](C(N)=O)N(C(=O)C2CCC(CNC(=O)OC(C)(C)C)CC2)c2ccc(-c3nn[nH]n3)cc2)cc1.O=C(O)C(F)(F)F. The van der Waals surface area contributed by atoms with Gasteiger partial charge in [-0.05, 0) is 99.0 Å². The fourth-order valence-electron chi connectivity index (χ4n) is 6.01. The van der Waals surface area contributed by atoms with E-state index in [1.54, 1.807) is 48.7 Å². The minimum atomic E-state index is -5.08. The molecule has 294 valence electrons. The Morgan fingerprint density at radius 1 is 0.982 bits per heavy atom. The van der Waals surface area contributed by atoms with Gasteiger partial charge in [0.1, 0.15) is 17.4 Å². The number of methoxy groups -OCH3 is 1. The molecule has 5 rings (SSSR count). The zero-order chi connectivity index (χ0) is 40.3. The Morgan fingerprint density at radius 3 is 2.13 bits per heavy atom. The quantitative estimate of drug-likeness (QED) is 0.153. The highest BCUT2D eigenvalue weighted by Crippen LogP contribution is 2.34. The second-order valence-electron chi connectivity index (χ2n) is 13.8. The second kappa shape index (κ2) is 18.3. The van der Waals surface area contributed by atoms with Gasteiger partial charge in [0, 0.05) is 41.9 Å². The van der Waals surface area contributed by atoms with Crippen LogP contribution in [0.4, 0.5) is 23.7 Å². The average Bonchev–Trinajstić information content (AvgIpc) is 3.69. The number of nitrogens with one attached hydrogen (secondary N) is 2. The van der Waals surface area contributed by atoms with Gasteiger partial charge in [0.05, 0.1) is 13.3 Å². The minimum absolute atomic E-state index is 0.164. The van der Waals surface area contributed by atoms with Gasteiger partial charge in [-0.3, -0.25) is 19.5 Å². The first kappa shape index (κ1) is 41.7. The molecule has 2 heterocycles. The number of carboxylic acids is 1. The first-order valence-electron chi connectivity index (χ1n) is 17.3. The van der Waals surface area contributed by atoms with E-state index in [0.717, 1.165) is 29.5 Å². The number of pyridine rings is 1. The van der Waals surface area contributed by atoms with Crippen LogP contribution in [0.25, 0.3) is 22.5 Å². The number of nitrogens with two attached hydrogens (primary N) is 1. The summed E-state index contributed by atoms with van der Waals surface area (Å²) >= 11 is 0. The van der Waals surface area contributed by atoms with Gasteiger partial charge >= 0.3 is 18.2 Å². The van der Waals surface area contributed by atoms with E-state index in [-0.39, 0.29) is 24.2 Å². The lowest BCUT2D eigenvalue weighted by atomic mass is 9.81. The molecule has 0 saturated heterocycles. The number of ether oxygens (including phenoxy) is 2. The summed E-state index contributed by atoms with van der Waals surface area (Å²) in [7, 11) is 1.60. The van der Waals surface area contributed by atoms with Crippen molar-refractivity contribution in [1.29, 1.82) is 0 Å². The summed E-state index contributed by atoms with van der Waals surface area (Å²) in [5.41, 5.74) is 9.38. The lowest BCUT2D eigenvalue weighted by molar-refractivity contribution is -0.192. The number of carbonyl (C=O) groups is 4. The number of carboxylic acid groups (broad SMARTS) is 1. The number of hydrogen-bond donors (Lipinski definition) is 4. The lowest BCUT2D eigenvalue weighted by Gasteiger charge is -2.36. The van der Waals surface area contributed by atoms with Gasteiger partial charge in [-0.1, -0.05) is 24.3 Å². The number of H-pyrrole nitrogens is 1. The summed E-state index contributed by atoms with van der Waals surface area (Å²) in [6, 6.07) is 15.8. The maximum Gasteiger partial charge on any atom is 0.490 e. The van der Waals surface area contributed by atoms with E-state index in [2.05, 4.69) is 30.9 Å². The van der Waals surface area contributed by atoms with Crippen LogP contribution in [0.3, 0.4) is 0 Å². The van der Waals surface area contributed by atoms with Crippen LogP contribution in [-0.4, -0.2) is 86.1 Å². The molecule has 0 spiro atoms. The molecule has 1 aliphatic rings. The topological polar surface area (TPSA) is 216 Å². The highest BCUT2D eigenvalue weighted by Gasteiger charge is 2.38. The smallest absolute Gasteiger partial charge is 0.490 e. The summed E-state index contributed by atoms with van der Waals surface area (Å²) in [6.07, 6.45) is 0.772. The number of aromatic amines is 1. The average molecular weight is 769 g/mol. The highest BCUT2D eigenvalue weighted by molar-refractivity contribution is 6.01. The Kier molecular flexibility index (Phi) is 13.9. The third-order valence-electron chi connectivity index (χ3n) is 8.70. The predicted molar refractivity (Wildman–Crippen MR) is 193 cm³/mol. The molecule has 3 amide bonds. The molecule has 18 heteroatoms. The molecule has 0 aliphatic heterocycles. The number of nitrogens with zero attached hydrogens (tertiary/aromatic N) is 5. The van der Waals surface area contributed by atoms with Gasteiger partial charge in [0.2, 0.25) is 17.6 Å². The van der Waals surface area contributed by atoms with E-state index in [4.69, 9.17) is 25.1 Å². The van der Waals surface area contributed by atoms with Gasteiger partial charge in [0.25, 0.3) is 0 Å². The van der Waals surface area contributed by atoms with Crippen LogP contribution in [0, 0.1) is 11.8 Å². The van der Waals surface area contributed by atoms with Crippen LogP contribution in [0.5, 0.6) is 5.75 Å². The molecule has 0 radical (unpaired) electrons. The molecule has 0 bridgehead atoms. The second-order valence-corrected chi connectivity index (χ2v) is 13.8. The first-order valence-corrected chi connectivity index (χ1v) is 17.3. The van der Waals surface area contributed by atoms with Crippen molar-refractivity contribution < 1.29 is 46.9 Å². The minimum Gasteiger partial charge on any atom is -0.494 e. The van der Waals surface area contributed by atoms with Crippen LogP contribution >= 0.6 is 0 Å². The molecule has 1 fully saturated rings. The fourth-order valence-corrected chi connectivity index (χ4v) is 6.01. The number of tetrazole rings is 1. The number of carbonyl (C=O) groups excluding carboxylic acids is 3.